The Kier molecular flexibility index (Phi) is 5.07. The fourth-order valence-electron chi connectivity index (χ4n) is 3.09. The Bertz CT molecular complexity index is 1260. The number of anilines is 1. The highest BCUT2D eigenvalue weighted by molar-refractivity contribution is 5.82. The van der Waals surface area contributed by atoms with Gasteiger partial charge >= 0.3 is 0 Å². The highest BCUT2D eigenvalue weighted by atomic mass is 16.5. The third kappa shape index (κ3) is 3.73. The molecule has 1 heterocycles. The molecule has 6 heteroatoms. The lowest BCUT2D eigenvalue weighted by atomic mass is 10.1. The lowest BCUT2D eigenvalue weighted by molar-refractivity contribution is 0.414. The van der Waals surface area contributed by atoms with Gasteiger partial charge in [-0.25, -0.2) is 15.0 Å². The van der Waals surface area contributed by atoms with Crippen LogP contribution in [-0.4, -0.2) is 22.9 Å². The van der Waals surface area contributed by atoms with E-state index in [1.807, 2.05) is 67.6 Å². The highest BCUT2D eigenvalue weighted by Gasteiger charge is 2.13. The van der Waals surface area contributed by atoms with E-state index in [9.17, 15) is 4.79 Å². The molecule has 0 spiro atoms. The molecule has 0 aliphatic heterocycles. The quantitative estimate of drug-likeness (QED) is 0.415. The average Bonchev–Trinajstić information content (AvgIpc) is 2.75. The van der Waals surface area contributed by atoms with E-state index < -0.39 is 0 Å². The van der Waals surface area contributed by atoms with Gasteiger partial charge in [-0.2, -0.15) is 5.10 Å². The molecule has 0 atom stereocenters. The Morgan fingerprint density at radius 3 is 2.66 bits per heavy atom. The van der Waals surface area contributed by atoms with Crippen molar-refractivity contribution in [3.05, 3.63) is 94.3 Å². The van der Waals surface area contributed by atoms with Gasteiger partial charge in [0.2, 0.25) is 5.95 Å². The Morgan fingerprint density at radius 1 is 1.03 bits per heavy atom. The van der Waals surface area contributed by atoms with Crippen molar-refractivity contribution >= 4 is 23.1 Å². The Labute approximate surface area is 168 Å². The largest absolute Gasteiger partial charge is 0.497 e. The summed E-state index contributed by atoms with van der Waals surface area (Å²) in [6.45, 7) is 2.02. The van der Waals surface area contributed by atoms with Crippen LogP contribution in [0.15, 0.2) is 82.7 Å². The van der Waals surface area contributed by atoms with Gasteiger partial charge in [-0.1, -0.05) is 42.5 Å². The van der Waals surface area contributed by atoms with Gasteiger partial charge < -0.3 is 4.74 Å². The number of aryl methyl sites for hydroxylation is 1. The molecule has 0 bridgehead atoms. The van der Waals surface area contributed by atoms with Crippen LogP contribution >= 0.6 is 0 Å². The number of nitrogens with one attached hydrogen (secondary N) is 1. The van der Waals surface area contributed by atoms with Crippen LogP contribution in [-0.2, 0) is 0 Å². The van der Waals surface area contributed by atoms with E-state index in [1.54, 1.807) is 25.5 Å². The van der Waals surface area contributed by atoms with Gasteiger partial charge in [0.25, 0.3) is 5.56 Å². The summed E-state index contributed by atoms with van der Waals surface area (Å²) in [5, 5.41) is 4.85. The molecule has 0 saturated carbocycles. The fraction of sp³-hybridized carbons (Fsp3) is 0.0870. The zero-order chi connectivity index (χ0) is 20.2. The molecule has 4 aromatic rings. The van der Waals surface area contributed by atoms with E-state index in [0.29, 0.717) is 28.3 Å². The molecule has 0 aliphatic rings. The molecule has 29 heavy (non-hydrogen) atoms. The first-order valence-corrected chi connectivity index (χ1v) is 9.18. The number of aromatic nitrogens is 2. The van der Waals surface area contributed by atoms with Crippen molar-refractivity contribution in [1.82, 2.24) is 9.55 Å². The minimum absolute atomic E-state index is 0.183. The van der Waals surface area contributed by atoms with Crippen LogP contribution in [0, 0.1) is 6.92 Å². The number of rotatable bonds is 5. The van der Waals surface area contributed by atoms with Crippen LogP contribution < -0.4 is 15.7 Å². The van der Waals surface area contributed by atoms with Crippen LogP contribution in [0.1, 0.15) is 11.1 Å². The van der Waals surface area contributed by atoms with E-state index in [-0.39, 0.29) is 5.56 Å². The van der Waals surface area contributed by atoms with E-state index in [0.717, 1.165) is 11.1 Å². The fourth-order valence-corrected chi connectivity index (χ4v) is 3.09. The Balaban J connectivity index is 1.83. The molecule has 0 fully saturated rings. The SMILES string of the molecule is COc1cccc(-n2c(N/N=C\c3ccccc3C)nc3ccccc3c2=O)c1. The minimum Gasteiger partial charge on any atom is -0.497 e. The van der Waals surface area contributed by atoms with E-state index in [4.69, 9.17) is 4.74 Å². The number of hydrogen-bond acceptors (Lipinski definition) is 5. The van der Waals surface area contributed by atoms with E-state index in [2.05, 4.69) is 15.5 Å². The lowest BCUT2D eigenvalue weighted by Gasteiger charge is -2.13. The summed E-state index contributed by atoms with van der Waals surface area (Å²) in [6, 6.07) is 22.4. The molecule has 0 aliphatic carbocycles. The molecule has 0 amide bonds. The molecule has 1 aromatic heterocycles. The standard InChI is InChI=1S/C23H20N4O2/c1-16-8-3-4-9-17(16)15-24-26-23-25-21-13-6-5-12-20(21)22(28)27(23)18-10-7-11-19(14-18)29-2/h3-15H,1-2H3,(H,25,26)/b24-15-. The maximum atomic E-state index is 13.2. The zero-order valence-electron chi connectivity index (χ0n) is 16.2. The van der Waals surface area contributed by atoms with Crippen molar-refractivity contribution in [2.45, 2.75) is 6.92 Å². The third-order valence-electron chi connectivity index (χ3n) is 4.64. The first-order chi connectivity index (χ1) is 14.2. The first kappa shape index (κ1) is 18.4. The van der Waals surface area contributed by atoms with Gasteiger partial charge in [0.1, 0.15) is 5.75 Å². The Morgan fingerprint density at radius 2 is 1.83 bits per heavy atom. The summed E-state index contributed by atoms with van der Waals surface area (Å²) < 4.78 is 6.81. The van der Waals surface area contributed by atoms with Gasteiger partial charge in [0.05, 0.1) is 29.9 Å². The van der Waals surface area contributed by atoms with Crippen LogP contribution in [0.3, 0.4) is 0 Å². The smallest absolute Gasteiger partial charge is 0.267 e. The minimum atomic E-state index is -0.183. The van der Waals surface area contributed by atoms with Crippen molar-refractivity contribution in [2.24, 2.45) is 5.10 Å². The number of benzene rings is 3. The second kappa shape index (κ2) is 7.98. The number of hydrazone groups is 1. The number of fused-ring (bicyclic) bond motifs is 1. The van der Waals surface area contributed by atoms with Crippen molar-refractivity contribution < 1.29 is 4.74 Å². The van der Waals surface area contributed by atoms with E-state index in [1.165, 1.54) is 4.57 Å². The molecule has 0 unspecified atom stereocenters. The van der Waals surface area contributed by atoms with Crippen molar-refractivity contribution in [3.63, 3.8) is 0 Å². The van der Waals surface area contributed by atoms with Gasteiger partial charge in [-0.05, 0) is 42.3 Å². The second-order valence-electron chi connectivity index (χ2n) is 6.52. The number of methoxy groups -OCH3 is 1. The van der Waals surface area contributed by atoms with Gasteiger partial charge in [0.15, 0.2) is 0 Å². The summed E-state index contributed by atoms with van der Waals surface area (Å²) in [4.78, 5) is 17.8. The summed E-state index contributed by atoms with van der Waals surface area (Å²) in [5.74, 6) is 0.976. The number of ether oxygens (including phenoxy) is 1. The Hall–Kier alpha value is -3.93. The molecule has 0 saturated heterocycles. The zero-order valence-corrected chi connectivity index (χ0v) is 16.2. The normalized spacial score (nSPS) is 11.1. The third-order valence-corrected chi connectivity index (χ3v) is 4.64. The first-order valence-electron chi connectivity index (χ1n) is 9.18. The van der Waals surface area contributed by atoms with Crippen molar-refractivity contribution in [3.8, 4) is 11.4 Å². The topological polar surface area (TPSA) is 68.5 Å². The molecule has 4 rings (SSSR count). The summed E-state index contributed by atoms with van der Waals surface area (Å²) in [6.07, 6.45) is 1.71. The predicted octanol–water partition coefficient (Wildman–Crippen LogP) is 4.15. The van der Waals surface area contributed by atoms with Crippen LogP contribution in [0.4, 0.5) is 5.95 Å². The number of para-hydroxylation sites is 1. The van der Waals surface area contributed by atoms with E-state index >= 15 is 0 Å². The summed E-state index contributed by atoms with van der Waals surface area (Å²) in [7, 11) is 1.59. The average molecular weight is 384 g/mol. The molecular formula is C23H20N4O2. The van der Waals surface area contributed by atoms with Crippen molar-refractivity contribution in [2.75, 3.05) is 12.5 Å². The van der Waals surface area contributed by atoms with Crippen LogP contribution in [0.2, 0.25) is 0 Å². The van der Waals surface area contributed by atoms with Crippen molar-refractivity contribution in [1.29, 1.82) is 0 Å². The maximum Gasteiger partial charge on any atom is 0.267 e. The van der Waals surface area contributed by atoms with Crippen LogP contribution in [0.25, 0.3) is 16.6 Å². The summed E-state index contributed by atoms with van der Waals surface area (Å²) in [5.41, 5.74) is 6.09. The number of hydrogen-bond donors (Lipinski definition) is 1. The molecule has 6 nitrogen and oxygen atoms in total. The molecular weight excluding hydrogens is 364 g/mol. The summed E-state index contributed by atoms with van der Waals surface area (Å²) >= 11 is 0. The molecule has 0 radical (unpaired) electrons. The molecule has 1 N–H and O–H groups in total. The maximum absolute atomic E-state index is 13.2. The molecule has 144 valence electrons. The molecule has 3 aromatic carbocycles. The van der Waals surface area contributed by atoms with Crippen LogP contribution in [0.5, 0.6) is 5.75 Å². The van der Waals surface area contributed by atoms with Gasteiger partial charge in [0, 0.05) is 6.07 Å². The predicted molar refractivity (Wildman–Crippen MR) is 116 cm³/mol. The number of nitrogens with zero attached hydrogens (tertiary/aromatic N) is 3. The highest BCUT2D eigenvalue weighted by Crippen LogP contribution is 2.20. The monoisotopic (exact) mass is 384 g/mol. The van der Waals surface area contributed by atoms with Gasteiger partial charge in [-0.15, -0.1) is 0 Å². The van der Waals surface area contributed by atoms with Gasteiger partial charge in [-0.3, -0.25) is 4.79 Å². The second-order valence-corrected chi connectivity index (χ2v) is 6.52. The lowest BCUT2D eigenvalue weighted by Crippen LogP contribution is -2.22.